The Morgan fingerprint density at radius 2 is 1.82 bits per heavy atom. The summed E-state index contributed by atoms with van der Waals surface area (Å²) in [4.78, 5) is 27.2. The molecule has 0 radical (unpaired) electrons. The average Bonchev–Trinajstić information content (AvgIpc) is 2.69. The first kappa shape index (κ1) is 18.0. The number of nitrogens with zero attached hydrogens (tertiary/aromatic N) is 4. The number of rotatable bonds is 3. The van der Waals surface area contributed by atoms with Crippen LogP contribution in [0.4, 0.5) is 11.4 Å². The van der Waals surface area contributed by atoms with Crippen molar-refractivity contribution < 1.29 is 4.79 Å². The molecule has 8 nitrogen and oxygen atoms in total. The van der Waals surface area contributed by atoms with E-state index in [1.165, 1.54) is 6.42 Å². The van der Waals surface area contributed by atoms with Crippen LogP contribution in [0.1, 0.15) is 42.5 Å². The summed E-state index contributed by atoms with van der Waals surface area (Å²) in [7, 11) is 0. The van der Waals surface area contributed by atoms with Gasteiger partial charge in [0, 0.05) is 17.4 Å². The molecule has 2 aliphatic rings. The monoisotopic (exact) mass is 377 g/mol. The highest BCUT2D eigenvalue weighted by atomic mass is 16.1. The number of hydrogen-bond acceptors (Lipinski definition) is 7. The number of aromatic nitrogens is 1. The van der Waals surface area contributed by atoms with Gasteiger partial charge in [0.05, 0.1) is 11.9 Å². The second kappa shape index (κ2) is 7.30. The third-order valence-electron chi connectivity index (χ3n) is 5.16. The van der Waals surface area contributed by atoms with Crippen molar-refractivity contribution in [2.45, 2.75) is 37.8 Å². The number of benzene rings is 1. The molecule has 1 aliphatic carbocycles. The van der Waals surface area contributed by atoms with E-state index >= 15 is 0 Å². The van der Waals surface area contributed by atoms with E-state index in [0.717, 1.165) is 31.4 Å². The lowest BCUT2D eigenvalue weighted by Gasteiger charge is -2.45. The lowest BCUT2D eigenvalue weighted by molar-refractivity contribution is 0.102. The molecular formula is C20H23N7O. The normalized spacial score (nSPS) is 18.4. The maximum atomic E-state index is 12.5. The zero-order valence-electron chi connectivity index (χ0n) is 15.5. The van der Waals surface area contributed by atoms with Crippen molar-refractivity contribution in [3.63, 3.8) is 0 Å². The smallest absolute Gasteiger partial charge is 0.255 e. The lowest BCUT2D eigenvalue weighted by atomic mass is 9.87. The van der Waals surface area contributed by atoms with Gasteiger partial charge in [0.1, 0.15) is 5.66 Å². The number of carbonyl (C=O) groups is 1. The Hall–Kier alpha value is -3.42. The van der Waals surface area contributed by atoms with Crippen molar-refractivity contribution in [3.8, 4) is 0 Å². The van der Waals surface area contributed by atoms with Gasteiger partial charge in [-0.2, -0.15) is 4.99 Å². The minimum absolute atomic E-state index is 0.200. The number of carbonyl (C=O) groups excluding carboxylic acids is 1. The first-order chi connectivity index (χ1) is 13.6. The molecule has 0 bridgehead atoms. The van der Waals surface area contributed by atoms with Crippen LogP contribution < -0.4 is 21.7 Å². The van der Waals surface area contributed by atoms with Crippen molar-refractivity contribution in [1.82, 2.24) is 4.98 Å². The van der Waals surface area contributed by atoms with Crippen molar-refractivity contribution in [2.24, 2.45) is 21.5 Å². The third kappa shape index (κ3) is 3.40. The fourth-order valence-electron chi connectivity index (χ4n) is 3.90. The molecule has 8 heteroatoms. The Morgan fingerprint density at radius 3 is 2.50 bits per heavy atom. The Balaban J connectivity index is 1.59. The topological polar surface area (TPSA) is 122 Å². The van der Waals surface area contributed by atoms with Gasteiger partial charge in [0.15, 0.2) is 0 Å². The van der Waals surface area contributed by atoms with Crippen LogP contribution in [-0.2, 0) is 0 Å². The highest BCUT2D eigenvalue weighted by Gasteiger charge is 2.42. The molecule has 0 saturated heterocycles. The summed E-state index contributed by atoms with van der Waals surface area (Å²) in [5.41, 5.74) is 13.7. The van der Waals surface area contributed by atoms with Gasteiger partial charge in [0.2, 0.25) is 11.9 Å². The summed E-state index contributed by atoms with van der Waals surface area (Å²) in [5.74, 6) is 0.361. The number of guanidine groups is 2. The molecule has 28 heavy (non-hydrogen) atoms. The largest absolute Gasteiger partial charge is 0.369 e. The summed E-state index contributed by atoms with van der Waals surface area (Å²) in [6.07, 6.45) is 8.30. The van der Waals surface area contributed by atoms with Crippen LogP contribution in [0.25, 0.3) is 0 Å². The quantitative estimate of drug-likeness (QED) is 0.758. The third-order valence-corrected chi connectivity index (χ3v) is 5.16. The molecule has 1 fully saturated rings. The fraction of sp³-hybridized carbons (Fsp3) is 0.300. The number of nitrogens with one attached hydrogen (secondary N) is 1. The van der Waals surface area contributed by atoms with Gasteiger partial charge >= 0.3 is 0 Å². The van der Waals surface area contributed by atoms with E-state index in [9.17, 15) is 4.79 Å². The van der Waals surface area contributed by atoms with Gasteiger partial charge in [0.25, 0.3) is 5.91 Å². The fourth-order valence-corrected chi connectivity index (χ4v) is 3.90. The van der Waals surface area contributed by atoms with Crippen LogP contribution in [0.15, 0.2) is 58.8 Å². The Morgan fingerprint density at radius 1 is 1.07 bits per heavy atom. The molecule has 144 valence electrons. The molecule has 0 unspecified atom stereocenters. The van der Waals surface area contributed by atoms with E-state index in [0.29, 0.717) is 17.2 Å². The molecule has 5 N–H and O–H groups in total. The van der Waals surface area contributed by atoms with Gasteiger partial charge in [-0.25, -0.2) is 4.99 Å². The minimum atomic E-state index is -0.492. The van der Waals surface area contributed by atoms with E-state index in [1.807, 2.05) is 17.0 Å². The number of hydrogen-bond donors (Lipinski definition) is 3. The zero-order chi connectivity index (χ0) is 19.6. The van der Waals surface area contributed by atoms with E-state index in [-0.39, 0.29) is 11.9 Å². The summed E-state index contributed by atoms with van der Waals surface area (Å²) >= 11 is 0. The average molecular weight is 377 g/mol. The molecule has 1 aliphatic heterocycles. The van der Waals surface area contributed by atoms with Gasteiger partial charge in [-0.05, 0) is 62.1 Å². The summed E-state index contributed by atoms with van der Waals surface area (Å²) in [6.45, 7) is 0. The number of nitrogens with two attached hydrogens (primary N) is 2. The summed E-state index contributed by atoms with van der Waals surface area (Å²) < 4.78 is 0. The van der Waals surface area contributed by atoms with Crippen LogP contribution in [0, 0.1) is 0 Å². The number of pyridine rings is 1. The molecular weight excluding hydrogens is 354 g/mol. The Bertz CT molecular complexity index is 915. The molecule has 0 atom stereocenters. The van der Waals surface area contributed by atoms with Gasteiger partial charge in [-0.3, -0.25) is 14.7 Å². The maximum Gasteiger partial charge on any atom is 0.255 e. The second-order valence-electron chi connectivity index (χ2n) is 7.06. The molecule has 1 amide bonds. The van der Waals surface area contributed by atoms with Crippen molar-refractivity contribution in [1.29, 1.82) is 0 Å². The minimum Gasteiger partial charge on any atom is -0.369 e. The molecule has 4 rings (SSSR count). The number of amides is 1. The first-order valence-electron chi connectivity index (χ1n) is 9.39. The molecule has 2 heterocycles. The van der Waals surface area contributed by atoms with E-state index in [4.69, 9.17) is 11.5 Å². The predicted octanol–water partition coefficient (Wildman–Crippen LogP) is 2.44. The molecule has 1 aromatic heterocycles. The first-order valence-corrected chi connectivity index (χ1v) is 9.39. The van der Waals surface area contributed by atoms with Crippen LogP contribution in [0.2, 0.25) is 0 Å². The Kier molecular flexibility index (Phi) is 4.68. The lowest BCUT2D eigenvalue weighted by Crippen LogP contribution is -2.58. The summed E-state index contributed by atoms with van der Waals surface area (Å²) in [6, 6.07) is 10.8. The predicted molar refractivity (Wildman–Crippen MR) is 110 cm³/mol. The second-order valence-corrected chi connectivity index (χ2v) is 7.06. The van der Waals surface area contributed by atoms with Crippen LogP contribution >= 0.6 is 0 Å². The van der Waals surface area contributed by atoms with Gasteiger partial charge in [-0.1, -0.05) is 6.42 Å². The van der Waals surface area contributed by atoms with E-state index in [1.54, 1.807) is 36.7 Å². The van der Waals surface area contributed by atoms with E-state index in [2.05, 4.69) is 20.3 Å². The zero-order valence-corrected chi connectivity index (χ0v) is 15.5. The van der Waals surface area contributed by atoms with Gasteiger partial charge < -0.3 is 16.8 Å². The van der Waals surface area contributed by atoms with Crippen LogP contribution in [-0.4, -0.2) is 28.5 Å². The van der Waals surface area contributed by atoms with Gasteiger partial charge in [-0.15, -0.1) is 0 Å². The summed E-state index contributed by atoms with van der Waals surface area (Å²) in [5, 5.41) is 2.83. The molecule has 2 aromatic rings. The highest BCUT2D eigenvalue weighted by molar-refractivity contribution is 6.07. The Labute approximate surface area is 163 Å². The van der Waals surface area contributed by atoms with Crippen molar-refractivity contribution >= 4 is 29.2 Å². The highest BCUT2D eigenvalue weighted by Crippen LogP contribution is 2.39. The molecule has 1 aromatic carbocycles. The molecule has 1 spiro atoms. The number of anilines is 2. The molecule has 1 saturated carbocycles. The van der Waals surface area contributed by atoms with Crippen molar-refractivity contribution in [3.05, 3.63) is 54.4 Å². The number of aliphatic imine (C=N–C) groups is 2. The maximum absolute atomic E-state index is 12.5. The SMILES string of the molecule is NC1=NC2(CCCCC2)N(c2ccc(C(=O)Nc3cccnc3)cc2)C(N)=N1. The van der Waals surface area contributed by atoms with Crippen LogP contribution in [0.3, 0.4) is 0 Å². The van der Waals surface area contributed by atoms with Crippen LogP contribution in [0.5, 0.6) is 0 Å². The standard InChI is InChI=1S/C20H23N7O/c21-18-25-19(22)27(20(26-18)10-2-1-3-11-20)16-8-6-14(7-9-16)17(28)24-15-5-4-12-23-13-15/h4-9,12-13H,1-3,10-11H2,(H,24,28)(H4,21,22,25,26). The van der Waals surface area contributed by atoms with E-state index < -0.39 is 5.66 Å². The van der Waals surface area contributed by atoms with Crippen molar-refractivity contribution in [2.75, 3.05) is 10.2 Å².